The number of ether oxygens (including phenoxy) is 2. The van der Waals surface area contributed by atoms with Crippen molar-refractivity contribution in [3.63, 3.8) is 0 Å². The lowest BCUT2D eigenvalue weighted by atomic mass is 10.2. The molecule has 0 N–H and O–H groups in total. The van der Waals surface area contributed by atoms with E-state index in [1.165, 1.54) is 0 Å². The average molecular weight is 276 g/mol. The highest BCUT2D eigenvalue weighted by molar-refractivity contribution is 5.38. The van der Waals surface area contributed by atoms with Crippen molar-refractivity contribution in [1.82, 2.24) is 19.7 Å². The van der Waals surface area contributed by atoms with E-state index in [2.05, 4.69) is 15.1 Å². The lowest BCUT2D eigenvalue weighted by Crippen LogP contribution is -2.19. The van der Waals surface area contributed by atoms with Crippen LogP contribution in [0, 0.1) is 0 Å². The summed E-state index contributed by atoms with van der Waals surface area (Å²) >= 11 is 0. The van der Waals surface area contributed by atoms with E-state index in [-0.39, 0.29) is 0 Å². The molecule has 1 aromatic carbocycles. The standard InChI is InChI=1S/C14H20N4O2/c1-17(9-14-16-15-10-18(14)2)8-11-5-12(19-3)7-13(6-11)20-4/h5-7,10H,8-9H2,1-4H3. The van der Waals surface area contributed by atoms with Gasteiger partial charge in [0.2, 0.25) is 0 Å². The van der Waals surface area contributed by atoms with E-state index in [4.69, 9.17) is 9.47 Å². The summed E-state index contributed by atoms with van der Waals surface area (Å²) in [5.41, 5.74) is 1.13. The number of nitrogens with zero attached hydrogens (tertiary/aromatic N) is 4. The Morgan fingerprint density at radius 2 is 1.75 bits per heavy atom. The fraction of sp³-hybridized carbons (Fsp3) is 0.429. The lowest BCUT2D eigenvalue weighted by Gasteiger charge is -2.17. The predicted molar refractivity (Wildman–Crippen MR) is 75.7 cm³/mol. The summed E-state index contributed by atoms with van der Waals surface area (Å²) in [6.45, 7) is 1.51. The van der Waals surface area contributed by atoms with Crippen molar-refractivity contribution < 1.29 is 9.47 Å². The molecule has 0 aliphatic heterocycles. The normalized spacial score (nSPS) is 10.8. The maximum absolute atomic E-state index is 5.28. The van der Waals surface area contributed by atoms with Gasteiger partial charge in [-0.05, 0) is 24.7 Å². The number of aryl methyl sites for hydroxylation is 1. The maximum atomic E-state index is 5.28. The number of rotatable bonds is 6. The van der Waals surface area contributed by atoms with Gasteiger partial charge in [0.05, 0.1) is 20.8 Å². The highest BCUT2D eigenvalue weighted by Crippen LogP contribution is 2.23. The van der Waals surface area contributed by atoms with Gasteiger partial charge in [-0.1, -0.05) is 0 Å². The number of hydrogen-bond donors (Lipinski definition) is 0. The molecule has 108 valence electrons. The Labute approximate surface area is 118 Å². The SMILES string of the molecule is COc1cc(CN(C)Cc2nncn2C)cc(OC)c1. The van der Waals surface area contributed by atoms with E-state index in [1.54, 1.807) is 20.5 Å². The third kappa shape index (κ3) is 3.48. The number of aromatic nitrogens is 3. The molecular formula is C14H20N4O2. The van der Waals surface area contributed by atoms with Gasteiger partial charge in [-0.15, -0.1) is 10.2 Å². The van der Waals surface area contributed by atoms with Gasteiger partial charge in [0.1, 0.15) is 23.7 Å². The average Bonchev–Trinajstić information content (AvgIpc) is 2.83. The molecule has 20 heavy (non-hydrogen) atoms. The second kappa shape index (κ2) is 6.38. The minimum absolute atomic E-state index is 0.732. The molecule has 0 saturated carbocycles. The summed E-state index contributed by atoms with van der Waals surface area (Å²) in [7, 11) is 7.29. The van der Waals surface area contributed by atoms with Crippen LogP contribution in [-0.4, -0.2) is 40.9 Å². The van der Waals surface area contributed by atoms with Crippen molar-refractivity contribution in [3.05, 3.63) is 35.9 Å². The monoisotopic (exact) mass is 276 g/mol. The third-order valence-electron chi connectivity index (χ3n) is 3.08. The van der Waals surface area contributed by atoms with Crippen LogP contribution in [0.2, 0.25) is 0 Å². The van der Waals surface area contributed by atoms with Crippen LogP contribution in [0.15, 0.2) is 24.5 Å². The molecule has 0 aliphatic carbocycles. The van der Waals surface area contributed by atoms with Crippen LogP contribution in [0.3, 0.4) is 0 Å². The van der Waals surface area contributed by atoms with E-state index in [9.17, 15) is 0 Å². The van der Waals surface area contributed by atoms with Crippen molar-refractivity contribution in [2.45, 2.75) is 13.1 Å². The van der Waals surface area contributed by atoms with Crippen molar-refractivity contribution in [2.24, 2.45) is 7.05 Å². The molecule has 0 saturated heterocycles. The van der Waals surface area contributed by atoms with Crippen molar-refractivity contribution in [2.75, 3.05) is 21.3 Å². The molecule has 2 aromatic rings. The van der Waals surface area contributed by atoms with E-state index < -0.39 is 0 Å². The smallest absolute Gasteiger partial charge is 0.146 e. The highest BCUT2D eigenvalue weighted by atomic mass is 16.5. The van der Waals surface area contributed by atoms with Gasteiger partial charge in [-0.2, -0.15) is 0 Å². The fourth-order valence-electron chi connectivity index (χ4n) is 2.02. The van der Waals surface area contributed by atoms with Crippen molar-refractivity contribution in [3.8, 4) is 11.5 Å². The topological polar surface area (TPSA) is 52.4 Å². The second-order valence-corrected chi connectivity index (χ2v) is 4.75. The Morgan fingerprint density at radius 1 is 1.10 bits per heavy atom. The minimum Gasteiger partial charge on any atom is -0.497 e. The molecule has 0 bridgehead atoms. The molecule has 0 spiro atoms. The first-order valence-electron chi connectivity index (χ1n) is 6.35. The summed E-state index contributed by atoms with van der Waals surface area (Å²) < 4.78 is 12.5. The van der Waals surface area contributed by atoms with Gasteiger partial charge in [-0.3, -0.25) is 4.90 Å². The lowest BCUT2D eigenvalue weighted by molar-refractivity contribution is 0.305. The first kappa shape index (κ1) is 14.3. The molecule has 0 amide bonds. The summed E-state index contributed by atoms with van der Waals surface area (Å²) in [6, 6.07) is 5.89. The predicted octanol–water partition coefficient (Wildman–Crippen LogP) is 1.46. The molecule has 1 heterocycles. The zero-order valence-corrected chi connectivity index (χ0v) is 12.3. The molecule has 1 aromatic heterocycles. The molecule has 0 fully saturated rings. The van der Waals surface area contributed by atoms with E-state index in [0.717, 1.165) is 36.0 Å². The first-order valence-corrected chi connectivity index (χ1v) is 6.35. The maximum Gasteiger partial charge on any atom is 0.146 e. The molecule has 6 nitrogen and oxygen atoms in total. The van der Waals surface area contributed by atoms with Gasteiger partial charge in [-0.25, -0.2) is 0 Å². The Kier molecular flexibility index (Phi) is 4.57. The van der Waals surface area contributed by atoms with Gasteiger partial charge < -0.3 is 14.0 Å². The van der Waals surface area contributed by atoms with Gasteiger partial charge in [0.15, 0.2) is 0 Å². The number of methoxy groups -OCH3 is 2. The van der Waals surface area contributed by atoms with Gasteiger partial charge in [0, 0.05) is 19.7 Å². The fourth-order valence-corrected chi connectivity index (χ4v) is 2.02. The quantitative estimate of drug-likeness (QED) is 0.799. The molecule has 0 aliphatic rings. The van der Waals surface area contributed by atoms with Crippen LogP contribution in [0.4, 0.5) is 0 Å². The summed E-state index contributed by atoms with van der Waals surface area (Å²) in [4.78, 5) is 2.16. The summed E-state index contributed by atoms with van der Waals surface area (Å²) in [5, 5.41) is 7.97. The molecule has 0 atom stereocenters. The van der Waals surface area contributed by atoms with Gasteiger partial charge >= 0.3 is 0 Å². The molecular weight excluding hydrogens is 256 g/mol. The van der Waals surface area contributed by atoms with Crippen LogP contribution < -0.4 is 9.47 Å². The van der Waals surface area contributed by atoms with E-state index in [0.29, 0.717) is 0 Å². The first-order chi connectivity index (χ1) is 9.62. The Balaban J connectivity index is 2.07. The zero-order chi connectivity index (χ0) is 14.5. The Morgan fingerprint density at radius 3 is 2.25 bits per heavy atom. The van der Waals surface area contributed by atoms with Crippen LogP contribution in [0.25, 0.3) is 0 Å². The van der Waals surface area contributed by atoms with Crippen molar-refractivity contribution in [1.29, 1.82) is 0 Å². The minimum atomic E-state index is 0.732. The number of hydrogen-bond acceptors (Lipinski definition) is 5. The van der Waals surface area contributed by atoms with E-state index in [1.807, 2.05) is 36.9 Å². The molecule has 6 heteroatoms. The summed E-state index contributed by atoms with van der Waals surface area (Å²) in [6.07, 6.45) is 1.71. The zero-order valence-electron chi connectivity index (χ0n) is 12.3. The van der Waals surface area contributed by atoms with Crippen molar-refractivity contribution >= 4 is 0 Å². The molecule has 2 rings (SSSR count). The Bertz CT molecular complexity index is 546. The van der Waals surface area contributed by atoms with E-state index >= 15 is 0 Å². The summed E-state index contributed by atoms with van der Waals surface area (Å²) in [5.74, 6) is 2.53. The highest BCUT2D eigenvalue weighted by Gasteiger charge is 2.08. The van der Waals surface area contributed by atoms with Gasteiger partial charge in [0.25, 0.3) is 0 Å². The third-order valence-corrected chi connectivity index (χ3v) is 3.08. The Hall–Kier alpha value is -2.08. The second-order valence-electron chi connectivity index (χ2n) is 4.75. The van der Waals surface area contributed by atoms with Crippen LogP contribution in [-0.2, 0) is 20.1 Å². The molecule has 0 radical (unpaired) electrons. The largest absolute Gasteiger partial charge is 0.497 e. The van der Waals surface area contributed by atoms with Crippen LogP contribution in [0.1, 0.15) is 11.4 Å². The number of benzene rings is 1. The van der Waals surface area contributed by atoms with Crippen LogP contribution >= 0.6 is 0 Å². The molecule has 0 unspecified atom stereocenters. The van der Waals surface area contributed by atoms with Crippen LogP contribution in [0.5, 0.6) is 11.5 Å².